The highest BCUT2D eigenvalue weighted by atomic mass is 16.5. The Bertz CT molecular complexity index is 333. The molecule has 3 aliphatic rings. The molecule has 4 nitrogen and oxygen atoms in total. The smallest absolute Gasteiger partial charge is 0.222 e. The van der Waals surface area contributed by atoms with E-state index in [1.807, 2.05) is 4.90 Å². The van der Waals surface area contributed by atoms with Gasteiger partial charge in [0.1, 0.15) is 0 Å². The van der Waals surface area contributed by atoms with Gasteiger partial charge in [-0.05, 0) is 37.1 Å². The third kappa shape index (κ3) is 3.01. The van der Waals surface area contributed by atoms with Gasteiger partial charge in [0.25, 0.3) is 0 Å². The number of carbonyl (C=O) groups excluding carboxylic acids is 1. The monoisotopic (exact) mass is 280 g/mol. The fourth-order valence-corrected chi connectivity index (χ4v) is 4.37. The van der Waals surface area contributed by atoms with Crippen LogP contribution in [0.2, 0.25) is 0 Å². The molecule has 3 fully saturated rings. The summed E-state index contributed by atoms with van der Waals surface area (Å²) in [7, 11) is 0. The fraction of sp³-hybridized carbons (Fsp3) is 0.938. The molecule has 2 saturated heterocycles. The lowest BCUT2D eigenvalue weighted by Gasteiger charge is -2.38. The molecule has 0 aromatic carbocycles. The average Bonchev–Trinajstić information content (AvgIpc) is 2.88. The topological polar surface area (TPSA) is 41.6 Å². The zero-order valence-corrected chi connectivity index (χ0v) is 12.5. The van der Waals surface area contributed by atoms with Gasteiger partial charge in [0.15, 0.2) is 0 Å². The number of carbonyl (C=O) groups is 1. The van der Waals surface area contributed by atoms with Crippen molar-refractivity contribution in [1.82, 2.24) is 10.2 Å². The molecule has 0 bridgehead atoms. The molecule has 1 saturated carbocycles. The van der Waals surface area contributed by atoms with E-state index in [0.29, 0.717) is 30.5 Å². The molecule has 0 aromatic rings. The Kier molecular flexibility index (Phi) is 4.61. The first kappa shape index (κ1) is 14.3. The van der Waals surface area contributed by atoms with E-state index in [2.05, 4.69) is 5.32 Å². The zero-order chi connectivity index (χ0) is 13.8. The maximum Gasteiger partial charge on any atom is 0.222 e. The van der Waals surface area contributed by atoms with E-state index in [-0.39, 0.29) is 0 Å². The Labute approximate surface area is 122 Å². The second kappa shape index (κ2) is 6.44. The van der Waals surface area contributed by atoms with Crippen LogP contribution in [0.25, 0.3) is 0 Å². The second-order valence-electron chi connectivity index (χ2n) is 6.78. The third-order valence-corrected chi connectivity index (χ3v) is 5.65. The van der Waals surface area contributed by atoms with Crippen LogP contribution in [0.1, 0.15) is 44.9 Å². The van der Waals surface area contributed by atoms with E-state index >= 15 is 0 Å². The highest BCUT2D eigenvalue weighted by molar-refractivity contribution is 5.76. The van der Waals surface area contributed by atoms with Crippen LogP contribution in [0.5, 0.6) is 0 Å². The summed E-state index contributed by atoms with van der Waals surface area (Å²) >= 11 is 0. The van der Waals surface area contributed by atoms with Gasteiger partial charge in [0, 0.05) is 26.1 Å². The van der Waals surface area contributed by atoms with Crippen molar-refractivity contribution in [3.8, 4) is 0 Å². The Morgan fingerprint density at radius 1 is 1.20 bits per heavy atom. The summed E-state index contributed by atoms with van der Waals surface area (Å²) in [4.78, 5) is 14.3. The van der Waals surface area contributed by atoms with Crippen molar-refractivity contribution in [3.63, 3.8) is 0 Å². The number of morpholine rings is 1. The van der Waals surface area contributed by atoms with Crippen LogP contribution >= 0.6 is 0 Å². The molecule has 4 heteroatoms. The molecular weight excluding hydrogens is 252 g/mol. The molecule has 1 atom stereocenters. The van der Waals surface area contributed by atoms with Crippen LogP contribution in [0.3, 0.4) is 0 Å². The number of ether oxygens (including phenoxy) is 1. The van der Waals surface area contributed by atoms with Gasteiger partial charge in [-0.1, -0.05) is 19.3 Å². The minimum Gasteiger partial charge on any atom is -0.378 e. The lowest BCUT2D eigenvalue weighted by atomic mass is 9.66. The second-order valence-corrected chi connectivity index (χ2v) is 6.78. The van der Waals surface area contributed by atoms with E-state index in [9.17, 15) is 4.79 Å². The Morgan fingerprint density at radius 2 is 1.95 bits per heavy atom. The van der Waals surface area contributed by atoms with Crippen LogP contribution in [-0.2, 0) is 9.53 Å². The molecular formula is C16H28N2O2. The quantitative estimate of drug-likeness (QED) is 0.857. The van der Waals surface area contributed by atoms with Crippen molar-refractivity contribution in [1.29, 1.82) is 0 Å². The van der Waals surface area contributed by atoms with E-state index in [4.69, 9.17) is 4.74 Å². The molecule has 114 valence electrons. The molecule has 2 heterocycles. The maximum absolute atomic E-state index is 12.3. The highest BCUT2D eigenvalue weighted by Crippen LogP contribution is 2.46. The first-order valence-electron chi connectivity index (χ1n) is 8.36. The number of rotatable bonds is 3. The van der Waals surface area contributed by atoms with Crippen molar-refractivity contribution in [2.75, 3.05) is 39.4 Å². The van der Waals surface area contributed by atoms with Crippen molar-refractivity contribution in [2.24, 2.45) is 11.3 Å². The summed E-state index contributed by atoms with van der Waals surface area (Å²) in [5.41, 5.74) is 0.517. The summed E-state index contributed by atoms with van der Waals surface area (Å²) in [6.45, 7) is 5.29. The van der Waals surface area contributed by atoms with Gasteiger partial charge in [-0.2, -0.15) is 0 Å². The van der Waals surface area contributed by atoms with E-state index in [1.54, 1.807) is 0 Å². The van der Waals surface area contributed by atoms with Crippen LogP contribution in [-0.4, -0.2) is 50.2 Å². The van der Waals surface area contributed by atoms with Crippen LogP contribution in [0.4, 0.5) is 0 Å². The summed E-state index contributed by atoms with van der Waals surface area (Å²) in [5, 5.41) is 3.59. The molecule has 20 heavy (non-hydrogen) atoms. The third-order valence-electron chi connectivity index (χ3n) is 5.65. The zero-order valence-electron chi connectivity index (χ0n) is 12.5. The predicted octanol–water partition coefficient (Wildman–Crippen LogP) is 1.80. The summed E-state index contributed by atoms with van der Waals surface area (Å²) in [5.74, 6) is 1.05. The molecule has 2 aliphatic heterocycles. The standard InChI is InChI=1S/C16H28N2O2/c19-15(18-8-10-20-11-9-18)5-4-14-12-17-13-16(14)6-2-1-3-7-16/h14,17H,1-13H2. The van der Waals surface area contributed by atoms with E-state index < -0.39 is 0 Å². The number of nitrogens with one attached hydrogen (secondary N) is 1. The molecule has 0 radical (unpaired) electrons. The van der Waals surface area contributed by atoms with Crippen LogP contribution in [0, 0.1) is 11.3 Å². The maximum atomic E-state index is 12.3. The van der Waals surface area contributed by atoms with Gasteiger partial charge < -0.3 is 15.0 Å². The van der Waals surface area contributed by atoms with Gasteiger partial charge >= 0.3 is 0 Å². The lowest BCUT2D eigenvalue weighted by molar-refractivity contribution is -0.135. The Balaban J connectivity index is 1.50. The van der Waals surface area contributed by atoms with Gasteiger partial charge in [-0.3, -0.25) is 4.79 Å². The van der Waals surface area contributed by atoms with Crippen molar-refractivity contribution in [2.45, 2.75) is 44.9 Å². The van der Waals surface area contributed by atoms with Gasteiger partial charge in [-0.25, -0.2) is 0 Å². The number of nitrogens with zero attached hydrogens (tertiary/aromatic N) is 1. The normalized spacial score (nSPS) is 29.8. The molecule has 1 amide bonds. The fourth-order valence-electron chi connectivity index (χ4n) is 4.37. The summed E-state index contributed by atoms with van der Waals surface area (Å²) in [6, 6.07) is 0. The molecule has 1 spiro atoms. The lowest BCUT2D eigenvalue weighted by Crippen LogP contribution is -2.41. The molecule has 0 aromatic heterocycles. The summed E-state index contributed by atoms with van der Waals surface area (Å²) in [6.07, 6.45) is 8.72. The number of amides is 1. The predicted molar refractivity (Wildman–Crippen MR) is 78.5 cm³/mol. The van der Waals surface area contributed by atoms with Crippen LogP contribution < -0.4 is 5.32 Å². The summed E-state index contributed by atoms with van der Waals surface area (Å²) < 4.78 is 5.31. The largest absolute Gasteiger partial charge is 0.378 e. The average molecular weight is 280 g/mol. The minimum atomic E-state index is 0.339. The SMILES string of the molecule is O=C(CCC1CNCC12CCCCC2)N1CCOCC1. The number of hydrogen-bond acceptors (Lipinski definition) is 3. The molecule has 1 unspecified atom stereocenters. The molecule has 3 rings (SSSR count). The van der Waals surface area contributed by atoms with Crippen LogP contribution in [0.15, 0.2) is 0 Å². The Hall–Kier alpha value is -0.610. The minimum absolute atomic E-state index is 0.339. The first-order valence-corrected chi connectivity index (χ1v) is 8.36. The number of hydrogen-bond donors (Lipinski definition) is 1. The molecule has 1 aliphatic carbocycles. The first-order chi connectivity index (χ1) is 9.80. The van der Waals surface area contributed by atoms with Gasteiger partial charge in [0.05, 0.1) is 13.2 Å². The van der Waals surface area contributed by atoms with Crippen molar-refractivity contribution in [3.05, 3.63) is 0 Å². The highest BCUT2D eigenvalue weighted by Gasteiger charge is 2.43. The van der Waals surface area contributed by atoms with Gasteiger partial charge in [0.2, 0.25) is 5.91 Å². The van der Waals surface area contributed by atoms with Gasteiger partial charge in [-0.15, -0.1) is 0 Å². The Morgan fingerprint density at radius 3 is 2.70 bits per heavy atom. The van der Waals surface area contributed by atoms with E-state index in [1.165, 1.54) is 38.6 Å². The van der Waals surface area contributed by atoms with Crippen molar-refractivity contribution < 1.29 is 9.53 Å². The molecule has 1 N–H and O–H groups in total. The van der Waals surface area contributed by atoms with Crippen molar-refractivity contribution >= 4 is 5.91 Å². The van der Waals surface area contributed by atoms with E-state index in [0.717, 1.165) is 32.5 Å².